The number of ether oxygens (including phenoxy) is 1. The number of carbonyl (C=O) groups excluding carboxylic acids is 1. The van der Waals surface area contributed by atoms with Gasteiger partial charge in [0.15, 0.2) is 5.75 Å². The highest BCUT2D eigenvalue weighted by Gasteiger charge is 1.94. The average molecular weight is 126 g/mol. The monoisotopic (exact) mass is 126 g/mol. The number of hydrogen-bond donors (Lipinski definition) is 0. The fourth-order valence-electron chi connectivity index (χ4n) is 0.537. The molecule has 0 amide bonds. The first-order valence-electron chi connectivity index (χ1n) is 2.48. The molecule has 0 unspecified atom stereocenters. The van der Waals surface area contributed by atoms with Crippen LogP contribution in [0, 0.1) is 6.92 Å². The Morgan fingerprint density at radius 1 is 1.78 bits per heavy atom. The van der Waals surface area contributed by atoms with Gasteiger partial charge in [0.05, 0.1) is 0 Å². The lowest BCUT2D eigenvalue weighted by molar-refractivity contribution is -0.120. The lowest BCUT2D eigenvalue weighted by Gasteiger charge is -1.83. The quantitative estimate of drug-likeness (QED) is 0.557. The van der Waals surface area contributed by atoms with Crippen LogP contribution in [0.3, 0.4) is 0 Å². The number of rotatable bonds is 2. The molecule has 0 aromatic carbocycles. The molecule has 0 saturated carbocycles. The number of hydrogen-bond acceptors (Lipinski definition) is 3. The van der Waals surface area contributed by atoms with Crippen LogP contribution in [0.25, 0.3) is 0 Å². The standard InChI is InChI=1S/C6H6O3/c1-5-2-6(3-8-5)9-4-7/h2-4H,1H3. The molecule has 0 spiro atoms. The molecule has 0 aliphatic rings. The maximum Gasteiger partial charge on any atom is 0.298 e. The smallest absolute Gasteiger partial charge is 0.298 e. The molecule has 0 fully saturated rings. The average Bonchev–Trinajstić information content (AvgIpc) is 2.17. The second-order valence-electron chi connectivity index (χ2n) is 1.61. The Hall–Kier alpha value is -1.25. The van der Waals surface area contributed by atoms with Gasteiger partial charge in [0.25, 0.3) is 6.47 Å². The second-order valence-corrected chi connectivity index (χ2v) is 1.61. The highest BCUT2D eigenvalue weighted by atomic mass is 16.5. The summed E-state index contributed by atoms with van der Waals surface area (Å²) >= 11 is 0. The number of aryl methyl sites for hydroxylation is 1. The summed E-state index contributed by atoms with van der Waals surface area (Å²) in [4.78, 5) is 9.72. The van der Waals surface area contributed by atoms with Crippen molar-refractivity contribution in [2.45, 2.75) is 6.92 Å². The molecule has 0 bridgehead atoms. The Morgan fingerprint density at radius 3 is 3.00 bits per heavy atom. The van der Waals surface area contributed by atoms with Crippen LogP contribution in [0.5, 0.6) is 5.75 Å². The Labute approximate surface area is 52.2 Å². The van der Waals surface area contributed by atoms with Gasteiger partial charge in [-0.3, -0.25) is 4.79 Å². The van der Waals surface area contributed by atoms with E-state index in [1.807, 2.05) is 0 Å². The third-order valence-electron chi connectivity index (χ3n) is 0.891. The SMILES string of the molecule is Cc1cc(OC=O)co1. The van der Waals surface area contributed by atoms with Gasteiger partial charge in [-0.2, -0.15) is 0 Å². The van der Waals surface area contributed by atoms with Crippen molar-refractivity contribution in [1.29, 1.82) is 0 Å². The fraction of sp³-hybridized carbons (Fsp3) is 0.167. The van der Waals surface area contributed by atoms with Crippen molar-refractivity contribution in [2.75, 3.05) is 0 Å². The molecule has 3 nitrogen and oxygen atoms in total. The van der Waals surface area contributed by atoms with Gasteiger partial charge in [-0.15, -0.1) is 0 Å². The molecular formula is C6H6O3. The van der Waals surface area contributed by atoms with Crippen LogP contribution in [0.4, 0.5) is 0 Å². The molecule has 3 heteroatoms. The van der Waals surface area contributed by atoms with Gasteiger partial charge in [0, 0.05) is 6.07 Å². The molecule has 0 atom stereocenters. The van der Waals surface area contributed by atoms with Crippen LogP contribution in [0.1, 0.15) is 5.76 Å². The molecule has 0 saturated heterocycles. The summed E-state index contributed by atoms with van der Waals surface area (Å²) in [6.45, 7) is 2.14. The first kappa shape index (κ1) is 5.88. The third kappa shape index (κ3) is 1.32. The largest absolute Gasteiger partial charge is 0.466 e. The Bertz CT molecular complexity index is 202. The van der Waals surface area contributed by atoms with Crippen molar-refractivity contribution in [2.24, 2.45) is 0 Å². The van der Waals surface area contributed by atoms with E-state index in [1.165, 1.54) is 6.26 Å². The predicted molar refractivity (Wildman–Crippen MR) is 30.1 cm³/mol. The molecule has 48 valence electrons. The lowest BCUT2D eigenvalue weighted by Crippen LogP contribution is -1.84. The van der Waals surface area contributed by atoms with Crippen molar-refractivity contribution in [3.8, 4) is 5.75 Å². The third-order valence-corrected chi connectivity index (χ3v) is 0.891. The maximum absolute atomic E-state index is 9.72. The van der Waals surface area contributed by atoms with Gasteiger partial charge in [-0.05, 0) is 6.92 Å². The van der Waals surface area contributed by atoms with Crippen molar-refractivity contribution >= 4 is 6.47 Å². The van der Waals surface area contributed by atoms with E-state index in [4.69, 9.17) is 4.42 Å². The van der Waals surface area contributed by atoms with E-state index >= 15 is 0 Å². The molecule has 1 heterocycles. The maximum atomic E-state index is 9.72. The minimum absolute atomic E-state index is 0.365. The molecule has 1 aromatic rings. The number of furan rings is 1. The Kier molecular flexibility index (Phi) is 1.53. The van der Waals surface area contributed by atoms with Crippen molar-refractivity contribution in [3.05, 3.63) is 18.1 Å². The first-order valence-corrected chi connectivity index (χ1v) is 2.48. The minimum Gasteiger partial charge on any atom is -0.466 e. The van der Waals surface area contributed by atoms with Gasteiger partial charge >= 0.3 is 0 Å². The van der Waals surface area contributed by atoms with Crippen LogP contribution < -0.4 is 4.74 Å². The molecule has 0 aliphatic heterocycles. The summed E-state index contributed by atoms with van der Waals surface area (Å²) in [7, 11) is 0. The zero-order valence-electron chi connectivity index (χ0n) is 4.96. The van der Waals surface area contributed by atoms with E-state index in [9.17, 15) is 4.79 Å². The summed E-state index contributed by atoms with van der Waals surface area (Å²) in [5, 5.41) is 0. The van der Waals surface area contributed by atoms with E-state index in [1.54, 1.807) is 13.0 Å². The Balaban J connectivity index is 2.72. The van der Waals surface area contributed by atoms with Gasteiger partial charge in [-0.1, -0.05) is 0 Å². The van der Waals surface area contributed by atoms with Gasteiger partial charge in [0.1, 0.15) is 12.0 Å². The predicted octanol–water partition coefficient (Wildman–Crippen LogP) is 1.12. The van der Waals surface area contributed by atoms with Crippen LogP contribution in [0.15, 0.2) is 16.7 Å². The van der Waals surface area contributed by atoms with Gasteiger partial charge < -0.3 is 9.15 Å². The normalized spacial score (nSPS) is 9.00. The summed E-state index contributed by atoms with van der Waals surface area (Å²) in [6.07, 6.45) is 1.38. The van der Waals surface area contributed by atoms with Gasteiger partial charge in [0.2, 0.25) is 0 Å². The molecule has 0 aliphatic carbocycles. The highest BCUT2D eigenvalue weighted by molar-refractivity contribution is 5.44. The summed E-state index contributed by atoms with van der Waals surface area (Å²) in [6, 6.07) is 1.63. The minimum atomic E-state index is 0.365. The summed E-state index contributed by atoms with van der Waals surface area (Å²) < 4.78 is 9.29. The van der Waals surface area contributed by atoms with Gasteiger partial charge in [-0.25, -0.2) is 0 Å². The molecule has 1 aromatic heterocycles. The highest BCUT2D eigenvalue weighted by Crippen LogP contribution is 2.13. The van der Waals surface area contributed by atoms with E-state index in [-0.39, 0.29) is 0 Å². The van der Waals surface area contributed by atoms with E-state index < -0.39 is 0 Å². The van der Waals surface area contributed by atoms with Crippen molar-refractivity contribution < 1.29 is 13.9 Å². The van der Waals surface area contributed by atoms with Crippen LogP contribution in [-0.4, -0.2) is 6.47 Å². The van der Waals surface area contributed by atoms with Crippen molar-refractivity contribution in [3.63, 3.8) is 0 Å². The molecule has 1 rings (SSSR count). The van der Waals surface area contributed by atoms with Crippen LogP contribution in [0.2, 0.25) is 0 Å². The van der Waals surface area contributed by atoms with E-state index in [2.05, 4.69) is 4.74 Å². The molecule has 9 heavy (non-hydrogen) atoms. The summed E-state index contributed by atoms with van der Waals surface area (Å²) in [5.74, 6) is 1.18. The topological polar surface area (TPSA) is 39.4 Å². The molecular weight excluding hydrogens is 120 g/mol. The molecule has 0 N–H and O–H groups in total. The zero-order valence-corrected chi connectivity index (χ0v) is 4.96. The fourth-order valence-corrected chi connectivity index (χ4v) is 0.537. The molecule has 0 radical (unpaired) electrons. The van der Waals surface area contributed by atoms with Crippen LogP contribution in [-0.2, 0) is 4.79 Å². The van der Waals surface area contributed by atoms with E-state index in [0.29, 0.717) is 12.2 Å². The van der Waals surface area contributed by atoms with Crippen LogP contribution >= 0.6 is 0 Å². The summed E-state index contributed by atoms with van der Waals surface area (Å²) in [5.41, 5.74) is 0. The first-order chi connectivity index (χ1) is 4.33. The van der Waals surface area contributed by atoms with E-state index in [0.717, 1.165) is 5.76 Å². The Morgan fingerprint density at radius 2 is 2.56 bits per heavy atom. The lowest BCUT2D eigenvalue weighted by atomic mass is 10.5. The zero-order chi connectivity index (χ0) is 6.69. The second kappa shape index (κ2) is 2.35. The van der Waals surface area contributed by atoms with Crippen molar-refractivity contribution in [1.82, 2.24) is 0 Å². The number of carbonyl (C=O) groups is 1.